The Morgan fingerprint density at radius 3 is 2.45 bits per heavy atom. The molecule has 0 radical (unpaired) electrons. The third-order valence-electron chi connectivity index (χ3n) is 5.12. The molecule has 0 saturated carbocycles. The van der Waals surface area contributed by atoms with Gasteiger partial charge in [-0.1, -0.05) is 35.4 Å². The Bertz CT molecular complexity index is 1010. The number of halogens is 1. The molecule has 1 heterocycles. The van der Waals surface area contributed by atoms with Crippen LogP contribution in [0.25, 0.3) is 5.76 Å². The first-order chi connectivity index (χ1) is 14.7. The van der Waals surface area contributed by atoms with Gasteiger partial charge in [0.15, 0.2) is 0 Å². The standard InChI is InChI=1S/C24H26ClNO5/c1-14(2)31-12-11-26-21(16-6-8-17(25)9-7-16)20(23(28)24(26)29)22(27)18-13-15(3)5-10-19(18)30-4/h5-10,13-14,21,27H,11-12H2,1-4H3/b22-20+. The van der Waals surface area contributed by atoms with Crippen molar-refractivity contribution in [1.29, 1.82) is 0 Å². The van der Waals surface area contributed by atoms with Gasteiger partial charge >= 0.3 is 0 Å². The van der Waals surface area contributed by atoms with Crippen molar-refractivity contribution in [3.8, 4) is 5.75 Å². The quantitative estimate of drug-likeness (QED) is 0.387. The maximum Gasteiger partial charge on any atom is 0.295 e. The van der Waals surface area contributed by atoms with Gasteiger partial charge < -0.3 is 19.5 Å². The van der Waals surface area contributed by atoms with E-state index in [1.165, 1.54) is 12.0 Å². The average molecular weight is 444 g/mol. The second-order valence-corrected chi connectivity index (χ2v) is 8.10. The van der Waals surface area contributed by atoms with Gasteiger partial charge in [-0.15, -0.1) is 0 Å². The molecule has 1 fully saturated rings. The number of carbonyl (C=O) groups excluding carboxylic acids is 2. The van der Waals surface area contributed by atoms with Gasteiger partial charge in [0, 0.05) is 11.6 Å². The van der Waals surface area contributed by atoms with Gasteiger partial charge in [-0.2, -0.15) is 0 Å². The SMILES string of the molecule is COc1ccc(C)cc1/C(O)=C1\C(=O)C(=O)N(CCOC(C)C)C1c1ccc(Cl)cc1. The minimum Gasteiger partial charge on any atom is -0.507 e. The van der Waals surface area contributed by atoms with E-state index in [0.29, 0.717) is 21.9 Å². The maximum atomic E-state index is 13.0. The van der Waals surface area contributed by atoms with Gasteiger partial charge in [0.25, 0.3) is 11.7 Å². The predicted molar refractivity (Wildman–Crippen MR) is 119 cm³/mol. The Balaban J connectivity index is 2.15. The maximum absolute atomic E-state index is 13.0. The number of aliphatic hydroxyl groups is 1. The molecule has 31 heavy (non-hydrogen) atoms. The summed E-state index contributed by atoms with van der Waals surface area (Å²) in [6.07, 6.45) is -0.0117. The summed E-state index contributed by atoms with van der Waals surface area (Å²) in [7, 11) is 1.49. The number of amides is 1. The van der Waals surface area contributed by atoms with E-state index in [1.807, 2.05) is 26.8 Å². The molecule has 1 atom stereocenters. The number of methoxy groups -OCH3 is 1. The molecule has 0 bridgehead atoms. The number of ketones is 1. The van der Waals surface area contributed by atoms with Crippen molar-refractivity contribution < 1.29 is 24.2 Å². The fourth-order valence-electron chi connectivity index (χ4n) is 3.64. The molecule has 1 aliphatic rings. The molecule has 0 aliphatic carbocycles. The van der Waals surface area contributed by atoms with Crippen molar-refractivity contribution in [2.24, 2.45) is 0 Å². The number of likely N-dealkylation sites (tertiary alicyclic amines) is 1. The van der Waals surface area contributed by atoms with Crippen molar-refractivity contribution in [2.75, 3.05) is 20.3 Å². The fourth-order valence-corrected chi connectivity index (χ4v) is 3.77. The summed E-state index contributed by atoms with van der Waals surface area (Å²) in [5, 5.41) is 11.7. The molecule has 1 amide bonds. The highest BCUT2D eigenvalue weighted by atomic mass is 35.5. The highest BCUT2D eigenvalue weighted by molar-refractivity contribution is 6.46. The lowest BCUT2D eigenvalue weighted by atomic mass is 9.94. The molecule has 6 nitrogen and oxygen atoms in total. The van der Waals surface area contributed by atoms with Gasteiger partial charge in [0.2, 0.25) is 0 Å². The Morgan fingerprint density at radius 2 is 1.84 bits per heavy atom. The number of hydrogen-bond donors (Lipinski definition) is 1. The number of aliphatic hydroxyl groups excluding tert-OH is 1. The van der Waals surface area contributed by atoms with E-state index >= 15 is 0 Å². The summed E-state index contributed by atoms with van der Waals surface area (Å²) >= 11 is 6.04. The van der Waals surface area contributed by atoms with E-state index in [0.717, 1.165) is 5.56 Å². The van der Waals surface area contributed by atoms with Crippen LogP contribution in [0.4, 0.5) is 0 Å². The molecule has 7 heteroatoms. The van der Waals surface area contributed by atoms with E-state index in [4.69, 9.17) is 21.1 Å². The summed E-state index contributed by atoms with van der Waals surface area (Å²) in [6.45, 7) is 6.14. The predicted octanol–water partition coefficient (Wildman–Crippen LogP) is 4.50. The summed E-state index contributed by atoms with van der Waals surface area (Å²) in [4.78, 5) is 27.4. The van der Waals surface area contributed by atoms with E-state index in [-0.39, 0.29) is 30.6 Å². The highest BCUT2D eigenvalue weighted by Crippen LogP contribution is 2.41. The number of carbonyl (C=O) groups is 2. The Labute approximate surface area is 187 Å². The van der Waals surface area contributed by atoms with Gasteiger partial charge in [-0.25, -0.2) is 0 Å². The van der Waals surface area contributed by atoms with E-state index in [9.17, 15) is 14.7 Å². The normalized spacial score (nSPS) is 18.1. The molecule has 1 saturated heterocycles. The average Bonchev–Trinajstić information content (AvgIpc) is 2.98. The second kappa shape index (κ2) is 9.54. The summed E-state index contributed by atoms with van der Waals surface area (Å²) in [5.41, 5.74) is 1.92. The van der Waals surface area contributed by atoms with Gasteiger partial charge in [-0.05, 0) is 50.6 Å². The van der Waals surface area contributed by atoms with Gasteiger partial charge in [0.05, 0.1) is 37.0 Å². The Hall–Kier alpha value is -2.83. The molecule has 164 valence electrons. The van der Waals surface area contributed by atoms with Crippen LogP contribution in [0.1, 0.15) is 36.6 Å². The number of Topliss-reactive ketones (excluding diaryl/α,β-unsaturated/α-hetero) is 1. The molecule has 2 aromatic carbocycles. The zero-order valence-corrected chi connectivity index (χ0v) is 18.8. The van der Waals surface area contributed by atoms with E-state index in [2.05, 4.69) is 0 Å². The summed E-state index contributed by atoms with van der Waals surface area (Å²) in [6, 6.07) is 11.4. The number of nitrogens with zero attached hydrogens (tertiary/aromatic N) is 1. The van der Waals surface area contributed by atoms with Crippen LogP contribution in [0.3, 0.4) is 0 Å². The molecule has 3 rings (SSSR count). The molecule has 0 aromatic heterocycles. The van der Waals surface area contributed by atoms with Gasteiger partial charge in [-0.3, -0.25) is 9.59 Å². The van der Waals surface area contributed by atoms with Crippen LogP contribution in [-0.4, -0.2) is 48.1 Å². The number of aryl methyl sites for hydroxylation is 1. The lowest BCUT2D eigenvalue weighted by molar-refractivity contribution is -0.140. The molecule has 1 unspecified atom stereocenters. The first kappa shape index (κ1) is 22.8. The van der Waals surface area contributed by atoms with E-state index in [1.54, 1.807) is 36.4 Å². The summed E-state index contributed by atoms with van der Waals surface area (Å²) in [5.74, 6) is -1.29. The van der Waals surface area contributed by atoms with E-state index < -0.39 is 17.7 Å². The molecular weight excluding hydrogens is 418 g/mol. The molecule has 2 aromatic rings. The van der Waals surface area contributed by atoms with Crippen molar-refractivity contribution in [2.45, 2.75) is 32.9 Å². The van der Waals surface area contributed by atoms with Crippen molar-refractivity contribution in [3.05, 3.63) is 69.8 Å². The number of benzene rings is 2. The Morgan fingerprint density at radius 1 is 1.16 bits per heavy atom. The number of rotatable bonds is 7. The van der Waals surface area contributed by atoms with Crippen LogP contribution in [0.2, 0.25) is 5.02 Å². The number of hydrogen-bond acceptors (Lipinski definition) is 5. The zero-order valence-electron chi connectivity index (χ0n) is 18.0. The highest BCUT2D eigenvalue weighted by Gasteiger charge is 2.46. The monoisotopic (exact) mass is 443 g/mol. The minimum atomic E-state index is -0.766. The summed E-state index contributed by atoms with van der Waals surface area (Å²) < 4.78 is 11.0. The van der Waals surface area contributed by atoms with Crippen LogP contribution >= 0.6 is 11.6 Å². The van der Waals surface area contributed by atoms with Crippen LogP contribution in [-0.2, 0) is 14.3 Å². The number of ether oxygens (including phenoxy) is 2. The zero-order chi connectivity index (χ0) is 22.7. The first-order valence-electron chi connectivity index (χ1n) is 10.0. The smallest absolute Gasteiger partial charge is 0.295 e. The van der Waals surface area contributed by atoms with Crippen LogP contribution in [0.15, 0.2) is 48.0 Å². The topological polar surface area (TPSA) is 76.1 Å². The molecule has 1 N–H and O–H groups in total. The lowest BCUT2D eigenvalue weighted by Crippen LogP contribution is -2.33. The minimum absolute atomic E-state index is 0.0117. The third kappa shape index (κ3) is 4.75. The van der Waals surface area contributed by atoms with Crippen LogP contribution in [0, 0.1) is 6.92 Å². The van der Waals surface area contributed by atoms with Gasteiger partial charge in [0.1, 0.15) is 11.5 Å². The Kier molecular flexibility index (Phi) is 7.03. The largest absolute Gasteiger partial charge is 0.507 e. The van der Waals surface area contributed by atoms with Crippen molar-refractivity contribution in [1.82, 2.24) is 4.90 Å². The first-order valence-corrected chi connectivity index (χ1v) is 10.4. The van der Waals surface area contributed by atoms with Crippen molar-refractivity contribution in [3.63, 3.8) is 0 Å². The third-order valence-corrected chi connectivity index (χ3v) is 5.37. The van der Waals surface area contributed by atoms with Crippen molar-refractivity contribution >= 4 is 29.1 Å². The molecular formula is C24H26ClNO5. The van der Waals surface area contributed by atoms with Crippen LogP contribution in [0.5, 0.6) is 5.75 Å². The molecule has 0 spiro atoms. The molecule has 1 aliphatic heterocycles. The second-order valence-electron chi connectivity index (χ2n) is 7.67. The lowest BCUT2D eigenvalue weighted by Gasteiger charge is -2.26. The fraction of sp³-hybridized carbons (Fsp3) is 0.333. The van der Waals surface area contributed by atoms with Crippen LogP contribution < -0.4 is 4.74 Å².